The first-order valence-electron chi connectivity index (χ1n) is 9.03. The molecule has 2 aromatic rings. The minimum Gasteiger partial charge on any atom is -0.435 e. The minimum atomic E-state index is -2.87. The molecule has 5 nitrogen and oxygen atoms in total. The van der Waals surface area contributed by atoms with E-state index in [0.717, 1.165) is 38.2 Å². The first-order valence-corrected chi connectivity index (χ1v) is 9.03. The van der Waals surface area contributed by atoms with Crippen LogP contribution in [-0.4, -0.2) is 48.9 Å². The fourth-order valence-electron chi connectivity index (χ4n) is 4.13. The van der Waals surface area contributed by atoms with Crippen LogP contribution >= 0.6 is 0 Å². The lowest BCUT2D eigenvalue weighted by Crippen LogP contribution is -2.26. The standard InChI is InChI=1S/C20H22F2N4O/c1-26-7-5-20(12-26)4-6-24-18(20)10-16(23)14-8-13-9-15(27-19(21)22)2-3-17(13)25-11-14/h2-3,8-11,19,23-24H,4-7,12H2,1H3/b18-10-,23-16?. The molecule has 1 aromatic carbocycles. The average molecular weight is 372 g/mol. The molecule has 1 aromatic heterocycles. The molecule has 7 heteroatoms. The molecule has 2 aliphatic heterocycles. The highest BCUT2D eigenvalue weighted by Gasteiger charge is 2.43. The molecular weight excluding hydrogens is 350 g/mol. The topological polar surface area (TPSA) is 61.2 Å². The Balaban J connectivity index is 1.62. The number of pyridine rings is 1. The van der Waals surface area contributed by atoms with Gasteiger partial charge >= 0.3 is 6.61 Å². The molecule has 0 bridgehead atoms. The number of halogens is 2. The van der Waals surface area contributed by atoms with Gasteiger partial charge in [-0.3, -0.25) is 4.98 Å². The fourth-order valence-corrected chi connectivity index (χ4v) is 4.13. The number of fused-ring (bicyclic) bond motifs is 1. The molecule has 27 heavy (non-hydrogen) atoms. The van der Waals surface area contributed by atoms with Crippen molar-refractivity contribution in [2.75, 3.05) is 26.7 Å². The van der Waals surface area contributed by atoms with Crippen LogP contribution in [0.3, 0.4) is 0 Å². The number of benzene rings is 1. The third-order valence-corrected chi connectivity index (χ3v) is 5.51. The number of alkyl halides is 2. The highest BCUT2D eigenvalue weighted by molar-refractivity contribution is 6.08. The Morgan fingerprint density at radius 2 is 2.22 bits per heavy atom. The van der Waals surface area contributed by atoms with Crippen LogP contribution in [0.2, 0.25) is 0 Å². The van der Waals surface area contributed by atoms with E-state index < -0.39 is 6.61 Å². The SMILES string of the molecule is CN1CCC2(CCN/C2=C\C(=N)c2cnc3ccc(OC(F)F)cc3c2)C1. The lowest BCUT2D eigenvalue weighted by molar-refractivity contribution is -0.0497. The molecule has 0 radical (unpaired) electrons. The first kappa shape index (κ1) is 17.9. The van der Waals surface area contributed by atoms with Gasteiger partial charge in [0.15, 0.2) is 0 Å². The number of aromatic nitrogens is 1. The molecular formula is C20H22F2N4O. The summed E-state index contributed by atoms with van der Waals surface area (Å²) < 4.78 is 29.3. The van der Waals surface area contributed by atoms with Gasteiger partial charge in [0, 0.05) is 41.3 Å². The largest absolute Gasteiger partial charge is 0.435 e. The summed E-state index contributed by atoms with van der Waals surface area (Å²) >= 11 is 0. The summed E-state index contributed by atoms with van der Waals surface area (Å²) in [5.74, 6) is 0.0896. The van der Waals surface area contributed by atoms with Crippen LogP contribution in [0.15, 0.2) is 42.2 Å². The van der Waals surface area contributed by atoms with Crippen molar-refractivity contribution in [1.82, 2.24) is 15.2 Å². The van der Waals surface area contributed by atoms with Crippen molar-refractivity contribution in [3.8, 4) is 5.75 Å². The summed E-state index contributed by atoms with van der Waals surface area (Å²) in [5, 5.41) is 12.6. The number of hydrogen-bond acceptors (Lipinski definition) is 5. The summed E-state index contributed by atoms with van der Waals surface area (Å²) in [6.45, 7) is 0.132. The summed E-state index contributed by atoms with van der Waals surface area (Å²) in [4.78, 5) is 6.68. The second-order valence-electron chi connectivity index (χ2n) is 7.37. The van der Waals surface area contributed by atoms with Crippen LogP contribution in [-0.2, 0) is 0 Å². The van der Waals surface area contributed by atoms with E-state index in [1.807, 2.05) is 6.08 Å². The van der Waals surface area contributed by atoms with Gasteiger partial charge in [-0.15, -0.1) is 0 Å². The van der Waals surface area contributed by atoms with E-state index in [4.69, 9.17) is 5.41 Å². The maximum atomic E-state index is 12.4. The predicted molar refractivity (Wildman–Crippen MR) is 100 cm³/mol. The van der Waals surface area contributed by atoms with Crippen molar-refractivity contribution in [1.29, 1.82) is 5.41 Å². The van der Waals surface area contributed by atoms with E-state index in [2.05, 4.69) is 27.0 Å². The van der Waals surface area contributed by atoms with Crippen LogP contribution in [0.5, 0.6) is 5.75 Å². The Kier molecular flexibility index (Phi) is 4.55. The minimum absolute atomic E-state index is 0.0896. The van der Waals surface area contributed by atoms with Gasteiger partial charge in [-0.25, -0.2) is 0 Å². The van der Waals surface area contributed by atoms with Gasteiger partial charge in [-0.2, -0.15) is 8.78 Å². The molecule has 0 aliphatic carbocycles. The van der Waals surface area contributed by atoms with Crippen molar-refractivity contribution in [3.05, 3.63) is 47.8 Å². The van der Waals surface area contributed by atoms with Crippen LogP contribution < -0.4 is 10.1 Å². The summed E-state index contributed by atoms with van der Waals surface area (Å²) in [5.41, 5.74) is 2.92. The molecule has 142 valence electrons. The maximum Gasteiger partial charge on any atom is 0.387 e. The van der Waals surface area contributed by atoms with Crippen molar-refractivity contribution in [2.24, 2.45) is 5.41 Å². The van der Waals surface area contributed by atoms with Crippen molar-refractivity contribution in [3.63, 3.8) is 0 Å². The maximum absolute atomic E-state index is 12.4. The molecule has 4 rings (SSSR count). The molecule has 0 saturated carbocycles. The first-order chi connectivity index (χ1) is 12.9. The lowest BCUT2D eigenvalue weighted by atomic mass is 9.82. The number of hydrogen-bond donors (Lipinski definition) is 2. The summed E-state index contributed by atoms with van der Waals surface area (Å²) in [6.07, 6.45) is 5.73. The quantitative estimate of drug-likeness (QED) is 0.808. The molecule has 1 unspecified atom stereocenters. The predicted octanol–water partition coefficient (Wildman–Crippen LogP) is 3.40. The Morgan fingerprint density at radius 3 is 2.96 bits per heavy atom. The van der Waals surface area contributed by atoms with Gasteiger partial charge in [-0.05, 0) is 56.8 Å². The zero-order chi connectivity index (χ0) is 19.0. The monoisotopic (exact) mass is 372 g/mol. The molecule has 2 aliphatic rings. The summed E-state index contributed by atoms with van der Waals surface area (Å²) in [7, 11) is 2.13. The Morgan fingerprint density at radius 1 is 1.37 bits per heavy atom. The third kappa shape index (κ3) is 3.51. The highest BCUT2D eigenvalue weighted by atomic mass is 19.3. The van der Waals surface area contributed by atoms with E-state index in [9.17, 15) is 8.78 Å². The van der Waals surface area contributed by atoms with E-state index in [1.54, 1.807) is 18.3 Å². The van der Waals surface area contributed by atoms with Crippen LogP contribution in [0.25, 0.3) is 10.9 Å². The van der Waals surface area contributed by atoms with Gasteiger partial charge in [0.05, 0.1) is 11.2 Å². The van der Waals surface area contributed by atoms with Crippen molar-refractivity contribution in [2.45, 2.75) is 19.5 Å². The molecule has 2 fully saturated rings. The van der Waals surface area contributed by atoms with Crippen molar-refractivity contribution < 1.29 is 13.5 Å². The molecule has 1 spiro atoms. The van der Waals surface area contributed by atoms with E-state index in [0.29, 0.717) is 22.2 Å². The number of ether oxygens (including phenoxy) is 1. The van der Waals surface area contributed by atoms with Crippen LogP contribution in [0.4, 0.5) is 8.78 Å². The lowest BCUT2D eigenvalue weighted by Gasteiger charge is -2.24. The molecule has 3 heterocycles. The van der Waals surface area contributed by atoms with Gasteiger partial charge in [0.1, 0.15) is 5.75 Å². The zero-order valence-corrected chi connectivity index (χ0v) is 15.1. The molecule has 2 saturated heterocycles. The summed E-state index contributed by atoms with van der Waals surface area (Å²) in [6, 6.07) is 6.43. The van der Waals surface area contributed by atoms with Gasteiger partial charge in [0.25, 0.3) is 0 Å². The highest BCUT2D eigenvalue weighted by Crippen LogP contribution is 2.42. The Bertz CT molecular complexity index is 914. The smallest absolute Gasteiger partial charge is 0.387 e. The van der Waals surface area contributed by atoms with Crippen LogP contribution in [0, 0.1) is 10.8 Å². The Labute approximate surface area is 156 Å². The number of rotatable bonds is 4. The number of nitrogens with one attached hydrogen (secondary N) is 2. The van der Waals surface area contributed by atoms with E-state index in [-0.39, 0.29) is 11.2 Å². The number of nitrogens with zero attached hydrogens (tertiary/aromatic N) is 2. The van der Waals surface area contributed by atoms with Crippen molar-refractivity contribution >= 4 is 16.6 Å². The van der Waals surface area contributed by atoms with Gasteiger partial charge in [-0.1, -0.05) is 0 Å². The molecule has 1 atom stereocenters. The normalized spacial score (nSPS) is 24.2. The fraction of sp³-hybridized carbons (Fsp3) is 0.400. The average Bonchev–Trinajstić information content (AvgIpc) is 3.20. The zero-order valence-electron chi connectivity index (χ0n) is 15.1. The Hall–Kier alpha value is -2.54. The second kappa shape index (κ2) is 6.88. The number of likely N-dealkylation sites (tertiary alicyclic amines) is 1. The van der Waals surface area contributed by atoms with Gasteiger partial charge < -0.3 is 20.4 Å². The molecule has 2 N–H and O–H groups in total. The molecule has 0 amide bonds. The van der Waals surface area contributed by atoms with Crippen LogP contribution in [0.1, 0.15) is 18.4 Å². The number of allylic oxidation sites excluding steroid dienone is 1. The van der Waals surface area contributed by atoms with Gasteiger partial charge in [0.2, 0.25) is 0 Å². The van der Waals surface area contributed by atoms with E-state index in [1.165, 1.54) is 12.1 Å². The third-order valence-electron chi connectivity index (χ3n) is 5.51. The van der Waals surface area contributed by atoms with E-state index >= 15 is 0 Å². The second-order valence-corrected chi connectivity index (χ2v) is 7.37.